The lowest BCUT2D eigenvalue weighted by Crippen LogP contribution is -2.36. The number of pyridine rings is 2. The molecule has 116 valence electrons. The fourth-order valence-corrected chi connectivity index (χ4v) is 2.50. The summed E-state index contributed by atoms with van der Waals surface area (Å²) >= 11 is 0. The molecule has 0 radical (unpaired) electrons. The van der Waals surface area contributed by atoms with Gasteiger partial charge in [-0.3, -0.25) is 0 Å². The van der Waals surface area contributed by atoms with Crippen LogP contribution in [0.3, 0.4) is 0 Å². The molecule has 4 rings (SSSR count). The van der Waals surface area contributed by atoms with Crippen LogP contribution in [0.25, 0.3) is 28.3 Å². The Balaban J connectivity index is 1.74. The van der Waals surface area contributed by atoms with Gasteiger partial charge in [0.25, 0.3) is 0 Å². The largest absolute Gasteiger partial charge is 0.618 e. The van der Waals surface area contributed by atoms with Crippen molar-refractivity contribution in [1.29, 1.82) is 0 Å². The molecular formula is C18H14N5O+. The third kappa shape index (κ3) is 2.61. The van der Waals surface area contributed by atoms with E-state index in [1.165, 1.54) is 6.20 Å². The Bertz CT molecular complexity index is 967. The van der Waals surface area contributed by atoms with Crippen molar-refractivity contribution in [3.05, 3.63) is 84.5 Å². The first-order valence-corrected chi connectivity index (χ1v) is 7.49. The summed E-state index contributed by atoms with van der Waals surface area (Å²) in [5.41, 5.74) is 3.76. The first kappa shape index (κ1) is 14.1. The third-order valence-corrected chi connectivity index (χ3v) is 3.71. The number of aromatic nitrogens is 5. The normalized spacial score (nSPS) is 10.7. The van der Waals surface area contributed by atoms with Crippen LogP contribution in [0.2, 0.25) is 0 Å². The number of benzene rings is 1. The molecule has 3 aromatic heterocycles. The van der Waals surface area contributed by atoms with Gasteiger partial charge in [0.2, 0.25) is 11.4 Å². The molecule has 0 aliphatic heterocycles. The van der Waals surface area contributed by atoms with Gasteiger partial charge in [0.1, 0.15) is 5.69 Å². The highest BCUT2D eigenvalue weighted by molar-refractivity contribution is 5.56. The molecule has 0 fully saturated rings. The van der Waals surface area contributed by atoms with Crippen LogP contribution in [0.5, 0.6) is 0 Å². The van der Waals surface area contributed by atoms with Crippen molar-refractivity contribution >= 4 is 0 Å². The van der Waals surface area contributed by atoms with E-state index in [9.17, 15) is 5.21 Å². The fraction of sp³-hybridized carbons (Fsp3) is 0. The maximum atomic E-state index is 12.1. The molecule has 1 N–H and O–H groups in total. The quantitative estimate of drug-likeness (QED) is 0.464. The Kier molecular flexibility index (Phi) is 3.47. The number of nitrogens with one attached hydrogen (secondary N) is 1. The van der Waals surface area contributed by atoms with Crippen LogP contribution >= 0.6 is 0 Å². The molecule has 0 aliphatic carbocycles. The van der Waals surface area contributed by atoms with Crippen LogP contribution in [0.15, 0.2) is 79.3 Å². The molecule has 0 aliphatic rings. The second-order valence-corrected chi connectivity index (χ2v) is 5.27. The fourth-order valence-electron chi connectivity index (χ4n) is 2.50. The molecule has 0 atom stereocenters. The maximum Gasteiger partial charge on any atom is 0.249 e. The van der Waals surface area contributed by atoms with Gasteiger partial charge < -0.3 is 5.21 Å². The molecule has 0 bridgehead atoms. The predicted octanol–water partition coefficient (Wildman–Crippen LogP) is 2.05. The number of hydrogen-bond donors (Lipinski definition) is 1. The average Bonchev–Trinajstić information content (AvgIpc) is 3.14. The lowest BCUT2D eigenvalue weighted by atomic mass is 10.2. The first-order valence-electron chi connectivity index (χ1n) is 7.49. The summed E-state index contributed by atoms with van der Waals surface area (Å²) in [7, 11) is 0. The predicted molar refractivity (Wildman–Crippen MR) is 87.7 cm³/mol. The SMILES string of the molecule is [O-][n+]1ccc(-[n+]2cc(-c3ccccc3)n[nH]2)cc1-c1ccccn1. The number of hydrogen-bond acceptors (Lipinski definition) is 3. The van der Waals surface area contributed by atoms with E-state index in [-0.39, 0.29) is 0 Å². The second kappa shape index (κ2) is 5.92. The van der Waals surface area contributed by atoms with Gasteiger partial charge in [-0.1, -0.05) is 41.6 Å². The molecule has 0 spiro atoms. The van der Waals surface area contributed by atoms with Gasteiger partial charge in [0, 0.05) is 16.9 Å². The number of aromatic amines is 1. The molecule has 0 amide bonds. The van der Waals surface area contributed by atoms with Crippen molar-refractivity contribution in [3.63, 3.8) is 0 Å². The van der Waals surface area contributed by atoms with Crippen LogP contribution in [0.4, 0.5) is 0 Å². The summed E-state index contributed by atoms with van der Waals surface area (Å²) < 4.78 is 2.58. The van der Waals surface area contributed by atoms with E-state index in [2.05, 4.69) is 15.3 Å². The van der Waals surface area contributed by atoms with Gasteiger partial charge in [-0.15, -0.1) is 4.68 Å². The lowest BCUT2D eigenvalue weighted by Gasteiger charge is -2.04. The number of nitrogens with zero attached hydrogens (tertiary/aromatic N) is 4. The van der Waals surface area contributed by atoms with Crippen molar-refractivity contribution in [2.75, 3.05) is 0 Å². The summed E-state index contributed by atoms with van der Waals surface area (Å²) in [5.74, 6) is 0. The first-order chi connectivity index (χ1) is 11.8. The minimum atomic E-state index is 0.483. The molecule has 4 aromatic rings. The zero-order valence-corrected chi connectivity index (χ0v) is 12.7. The Hall–Kier alpha value is -3.54. The van der Waals surface area contributed by atoms with Crippen molar-refractivity contribution in [3.8, 4) is 28.3 Å². The third-order valence-electron chi connectivity index (χ3n) is 3.71. The van der Waals surface area contributed by atoms with Crippen molar-refractivity contribution in [1.82, 2.24) is 15.3 Å². The maximum absolute atomic E-state index is 12.1. The zero-order valence-electron chi connectivity index (χ0n) is 12.7. The van der Waals surface area contributed by atoms with Gasteiger partial charge in [0.05, 0.1) is 12.1 Å². The highest BCUT2D eigenvalue weighted by Crippen LogP contribution is 2.15. The highest BCUT2D eigenvalue weighted by Gasteiger charge is 2.17. The van der Waals surface area contributed by atoms with Gasteiger partial charge in [-0.25, -0.2) is 4.98 Å². The van der Waals surface area contributed by atoms with Gasteiger partial charge in [-0.05, 0) is 12.1 Å². The second-order valence-electron chi connectivity index (χ2n) is 5.27. The summed E-state index contributed by atoms with van der Waals surface area (Å²) in [6, 6.07) is 18.9. The van der Waals surface area contributed by atoms with E-state index >= 15 is 0 Å². The molecule has 24 heavy (non-hydrogen) atoms. The van der Waals surface area contributed by atoms with Gasteiger partial charge in [0.15, 0.2) is 18.1 Å². The standard InChI is InChI=1S/C18H13N5O/c24-23-11-9-15(12-18(23)16-8-4-5-10-19-16)22-13-17(20-21-22)14-6-2-1-3-7-14/h1-13H/p+1. The minimum Gasteiger partial charge on any atom is -0.618 e. The monoisotopic (exact) mass is 316 g/mol. The lowest BCUT2D eigenvalue weighted by molar-refractivity contribution is -0.661. The zero-order chi connectivity index (χ0) is 16.4. The summed E-state index contributed by atoms with van der Waals surface area (Å²) in [5, 5.41) is 19.4. The van der Waals surface area contributed by atoms with Crippen LogP contribution in [-0.2, 0) is 0 Å². The van der Waals surface area contributed by atoms with E-state index in [0.29, 0.717) is 11.4 Å². The Morgan fingerprint density at radius 2 is 1.75 bits per heavy atom. The molecule has 0 saturated heterocycles. The van der Waals surface area contributed by atoms with Crippen molar-refractivity contribution < 1.29 is 9.41 Å². The van der Waals surface area contributed by atoms with Crippen LogP contribution < -0.4 is 9.41 Å². The number of rotatable bonds is 3. The van der Waals surface area contributed by atoms with Crippen LogP contribution in [0.1, 0.15) is 0 Å². The van der Waals surface area contributed by atoms with E-state index in [1.54, 1.807) is 29.1 Å². The van der Waals surface area contributed by atoms with Crippen LogP contribution in [0, 0.1) is 5.21 Å². The molecule has 6 nitrogen and oxygen atoms in total. The van der Waals surface area contributed by atoms with Crippen LogP contribution in [-0.4, -0.2) is 15.3 Å². The summed E-state index contributed by atoms with van der Waals surface area (Å²) in [6.45, 7) is 0. The average molecular weight is 316 g/mol. The Morgan fingerprint density at radius 1 is 0.917 bits per heavy atom. The summed E-state index contributed by atoms with van der Waals surface area (Å²) in [4.78, 5) is 4.24. The van der Waals surface area contributed by atoms with Gasteiger partial charge in [-0.2, -0.15) is 4.73 Å². The molecule has 0 saturated carbocycles. The van der Waals surface area contributed by atoms with E-state index in [0.717, 1.165) is 21.7 Å². The van der Waals surface area contributed by atoms with Crippen molar-refractivity contribution in [2.24, 2.45) is 0 Å². The van der Waals surface area contributed by atoms with E-state index in [4.69, 9.17) is 0 Å². The number of H-pyrrole nitrogens is 1. The highest BCUT2D eigenvalue weighted by atomic mass is 16.5. The molecule has 0 unspecified atom stereocenters. The smallest absolute Gasteiger partial charge is 0.249 e. The molecule has 1 aromatic carbocycles. The van der Waals surface area contributed by atoms with E-state index in [1.807, 2.05) is 48.7 Å². The Labute approximate surface area is 138 Å². The summed E-state index contributed by atoms with van der Waals surface area (Å²) in [6.07, 6.45) is 5.02. The Morgan fingerprint density at radius 3 is 2.54 bits per heavy atom. The minimum absolute atomic E-state index is 0.483. The molecule has 6 heteroatoms. The topological polar surface area (TPSA) is 72.4 Å². The molecule has 3 heterocycles. The van der Waals surface area contributed by atoms with Gasteiger partial charge >= 0.3 is 0 Å². The van der Waals surface area contributed by atoms with E-state index < -0.39 is 0 Å². The molecular weight excluding hydrogens is 302 g/mol. The van der Waals surface area contributed by atoms with Crippen molar-refractivity contribution in [2.45, 2.75) is 0 Å².